The van der Waals surface area contributed by atoms with Crippen LogP contribution in [0.5, 0.6) is 0 Å². The van der Waals surface area contributed by atoms with Crippen molar-refractivity contribution in [1.29, 1.82) is 0 Å². The third kappa shape index (κ3) is 4.43. The standard InChI is InChI=1S/C12H16ClFN2O3S/c1-12(2,3)6-16-11(17)7-4-10(20(15,18)19)9(14)5-8(7)13/h4-5H,6H2,1-3H3,(H,16,17)(H2,15,18,19). The van der Waals surface area contributed by atoms with Gasteiger partial charge in [0, 0.05) is 6.54 Å². The van der Waals surface area contributed by atoms with Crippen LogP contribution in [0, 0.1) is 11.2 Å². The van der Waals surface area contributed by atoms with Crippen LogP contribution in [-0.4, -0.2) is 20.9 Å². The number of benzene rings is 1. The van der Waals surface area contributed by atoms with Gasteiger partial charge in [0.05, 0.1) is 10.6 Å². The van der Waals surface area contributed by atoms with Crippen molar-refractivity contribution in [2.45, 2.75) is 25.7 Å². The smallest absolute Gasteiger partial charge is 0.252 e. The first-order chi connectivity index (χ1) is 8.92. The number of hydrogen-bond acceptors (Lipinski definition) is 3. The quantitative estimate of drug-likeness (QED) is 0.890. The fraction of sp³-hybridized carbons (Fsp3) is 0.417. The van der Waals surface area contributed by atoms with E-state index in [0.29, 0.717) is 6.54 Å². The van der Waals surface area contributed by atoms with Crippen LogP contribution < -0.4 is 10.5 Å². The van der Waals surface area contributed by atoms with Crippen molar-refractivity contribution < 1.29 is 17.6 Å². The summed E-state index contributed by atoms with van der Waals surface area (Å²) in [6.45, 7) is 6.09. The zero-order chi connectivity index (χ0) is 15.7. The minimum Gasteiger partial charge on any atom is -0.351 e. The highest BCUT2D eigenvalue weighted by molar-refractivity contribution is 7.89. The molecule has 0 radical (unpaired) electrons. The summed E-state index contributed by atoms with van der Waals surface area (Å²) in [5, 5.41) is 7.29. The van der Waals surface area contributed by atoms with Gasteiger partial charge < -0.3 is 5.32 Å². The predicted molar refractivity (Wildman–Crippen MR) is 74.6 cm³/mol. The topological polar surface area (TPSA) is 89.3 Å². The van der Waals surface area contributed by atoms with Gasteiger partial charge in [0.25, 0.3) is 5.91 Å². The van der Waals surface area contributed by atoms with E-state index in [1.807, 2.05) is 20.8 Å². The summed E-state index contributed by atoms with van der Waals surface area (Å²) in [6, 6.07) is 1.60. The van der Waals surface area contributed by atoms with Crippen molar-refractivity contribution in [3.05, 3.63) is 28.5 Å². The van der Waals surface area contributed by atoms with E-state index >= 15 is 0 Å². The number of carbonyl (C=O) groups is 1. The summed E-state index contributed by atoms with van der Waals surface area (Å²) in [4.78, 5) is 11.2. The Morgan fingerprint density at radius 3 is 2.40 bits per heavy atom. The van der Waals surface area contributed by atoms with E-state index in [1.54, 1.807) is 0 Å². The van der Waals surface area contributed by atoms with Crippen molar-refractivity contribution in [2.24, 2.45) is 10.6 Å². The van der Waals surface area contributed by atoms with E-state index in [1.165, 1.54) is 0 Å². The molecule has 0 aliphatic rings. The second-order valence-electron chi connectivity index (χ2n) is 5.55. The van der Waals surface area contributed by atoms with Crippen molar-refractivity contribution in [2.75, 3.05) is 6.54 Å². The molecule has 20 heavy (non-hydrogen) atoms. The molecule has 0 heterocycles. The van der Waals surface area contributed by atoms with Crippen molar-refractivity contribution >= 4 is 27.5 Å². The second-order valence-corrected chi connectivity index (χ2v) is 7.49. The maximum Gasteiger partial charge on any atom is 0.252 e. The lowest BCUT2D eigenvalue weighted by Crippen LogP contribution is -2.32. The minimum absolute atomic E-state index is 0.138. The first-order valence-electron chi connectivity index (χ1n) is 5.72. The Morgan fingerprint density at radius 1 is 1.40 bits per heavy atom. The van der Waals surface area contributed by atoms with Gasteiger partial charge in [-0.15, -0.1) is 0 Å². The van der Waals surface area contributed by atoms with Crippen LogP contribution in [-0.2, 0) is 10.0 Å². The number of rotatable bonds is 3. The Labute approximate surface area is 122 Å². The maximum absolute atomic E-state index is 13.5. The summed E-state index contributed by atoms with van der Waals surface area (Å²) in [5.74, 6) is -1.68. The number of halogens is 2. The van der Waals surface area contributed by atoms with Crippen LogP contribution in [0.3, 0.4) is 0 Å². The molecule has 3 N–H and O–H groups in total. The molecular formula is C12H16ClFN2O3S. The van der Waals surface area contributed by atoms with Gasteiger partial charge in [-0.1, -0.05) is 32.4 Å². The number of nitrogens with one attached hydrogen (secondary N) is 1. The van der Waals surface area contributed by atoms with Crippen LogP contribution in [0.4, 0.5) is 4.39 Å². The van der Waals surface area contributed by atoms with Gasteiger partial charge in [-0.3, -0.25) is 4.79 Å². The third-order valence-electron chi connectivity index (χ3n) is 2.35. The molecule has 1 rings (SSSR count). The number of hydrogen-bond donors (Lipinski definition) is 2. The molecule has 0 spiro atoms. The summed E-state index contributed by atoms with van der Waals surface area (Å²) in [6.07, 6.45) is 0. The Kier molecular flexibility index (Phi) is 4.78. The third-order valence-corrected chi connectivity index (χ3v) is 3.59. The van der Waals surface area contributed by atoms with E-state index < -0.39 is 26.6 Å². The van der Waals surface area contributed by atoms with Gasteiger partial charge in [-0.25, -0.2) is 17.9 Å². The number of primary sulfonamides is 1. The number of amides is 1. The highest BCUT2D eigenvalue weighted by Crippen LogP contribution is 2.23. The molecule has 0 bridgehead atoms. The SMILES string of the molecule is CC(C)(C)CNC(=O)c1cc(S(N)(=O)=O)c(F)cc1Cl. The van der Waals surface area contributed by atoms with E-state index in [4.69, 9.17) is 16.7 Å². The number of carbonyl (C=O) groups excluding carboxylic acids is 1. The average molecular weight is 323 g/mol. The van der Waals surface area contributed by atoms with Gasteiger partial charge in [-0.2, -0.15) is 0 Å². The fourth-order valence-electron chi connectivity index (χ4n) is 1.36. The maximum atomic E-state index is 13.5. The molecule has 0 aliphatic heterocycles. The normalized spacial score (nSPS) is 12.3. The lowest BCUT2D eigenvalue weighted by atomic mass is 9.97. The molecule has 1 aromatic rings. The van der Waals surface area contributed by atoms with Crippen LogP contribution in [0.25, 0.3) is 0 Å². The molecule has 1 aromatic carbocycles. The van der Waals surface area contributed by atoms with Gasteiger partial charge in [-0.05, 0) is 17.5 Å². The first kappa shape index (κ1) is 16.9. The van der Waals surface area contributed by atoms with E-state index in [9.17, 15) is 17.6 Å². The number of nitrogens with two attached hydrogens (primary N) is 1. The molecule has 8 heteroatoms. The minimum atomic E-state index is -4.26. The van der Waals surface area contributed by atoms with Gasteiger partial charge in [0.1, 0.15) is 10.7 Å². The zero-order valence-corrected chi connectivity index (χ0v) is 12.9. The number of sulfonamides is 1. The molecule has 0 saturated carbocycles. The Balaban J connectivity index is 3.16. The monoisotopic (exact) mass is 322 g/mol. The Hall–Kier alpha value is -1.18. The molecular weight excluding hydrogens is 307 g/mol. The molecule has 0 saturated heterocycles. The van der Waals surface area contributed by atoms with Gasteiger partial charge in [0.2, 0.25) is 10.0 Å². The van der Waals surface area contributed by atoms with E-state index in [-0.39, 0.29) is 16.0 Å². The molecule has 0 fully saturated rings. The molecule has 0 aromatic heterocycles. The summed E-state index contributed by atoms with van der Waals surface area (Å²) in [5.41, 5.74) is -0.299. The first-order valence-corrected chi connectivity index (χ1v) is 7.64. The summed E-state index contributed by atoms with van der Waals surface area (Å²) in [7, 11) is -4.26. The van der Waals surface area contributed by atoms with Crippen molar-refractivity contribution in [3.63, 3.8) is 0 Å². The molecule has 112 valence electrons. The Morgan fingerprint density at radius 2 is 1.95 bits per heavy atom. The Bertz CT molecular complexity index is 639. The molecule has 1 amide bonds. The van der Waals surface area contributed by atoms with Crippen LogP contribution >= 0.6 is 11.6 Å². The summed E-state index contributed by atoms with van der Waals surface area (Å²) >= 11 is 5.76. The van der Waals surface area contributed by atoms with Crippen molar-refractivity contribution in [1.82, 2.24) is 5.32 Å². The van der Waals surface area contributed by atoms with E-state index in [2.05, 4.69) is 5.32 Å². The van der Waals surface area contributed by atoms with Crippen LogP contribution in [0.1, 0.15) is 31.1 Å². The fourth-order valence-corrected chi connectivity index (χ4v) is 2.21. The van der Waals surface area contributed by atoms with Crippen LogP contribution in [0.2, 0.25) is 5.02 Å². The van der Waals surface area contributed by atoms with Gasteiger partial charge >= 0.3 is 0 Å². The lowest BCUT2D eigenvalue weighted by molar-refractivity contribution is 0.0939. The highest BCUT2D eigenvalue weighted by atomic mass is 35.5. The summed E-state index contributed by atoms with van der Waals surface area (Å²) < 4.78 is 35.9. The molecule has 0 atom stereocenters. The lowest BCUT2D eigenvalue weighted by Gasteiger charge is -2.19. The van der Waals surface area contributed by atoms with Crippen molar-refractivity contribution in [3.8, 4) is 0 Å². The van der Waals surface area contributed by atoms with Crippen LogP contribution in [0.15, 0.2) is 17.0 Å². The van der Waals surface area contributed by atoms with E-state index in [0.717, 1.165) is 12.1 Å². The zero-order valence-electron chi connectivity index (χ0n) is 11.3. The average Bonchev–Trinajstić information content (AvgIpc) is 2.23. The molecule has 5 nitrogen and oxygen atoms in total. The predicted octanol–water partition coefficient (Wildman–Crippen LogP) is 1.90. The molecule has 0 unspecified atom stereocenters. The molecule has 0 aliphatic carbocycles. The second kappa shape index (κ2) is 5.67. The highest BCUT2D eigenvalue weighted by Gasteiger charge is 2.21. The van der Waals surface area contributed by atoms with Gasteiger partial charge in [0.15, 0.2) is 0 Å². The largest absolute Gasteiger partial charge is 0.351 e.